The highest BCUT2D eigenvalue weighted by atomic mass is 79.9. The van der Waals surface area contributed by atoms with E-state index in [0.717, 1.165) is 20.8 Å². The minimum absolute atomic E-state index is 0.0185. The number of nitrogens with zero attached hydrogens (tertiary/aromatic N) is 2. The van der Waals surface area contributed by atoms with E-state index < -0.39 is 0 Å². The Labute approximate surface area is 113 Å². The predicted molar refractivity (Wildman–Crippen MR) is 72.0 cm³/mol. The van der Waals surface area contributed by atoms with Crippen molar-refractivity contribution in [2.75, 3.05) is 0 Å². The number of aryl methyl sites for hydroxylation is 1. The molecule has 0 fully saturated rings. The van der Waals surface area contributed by atoms with Gasteiger partial charge in [-0.3, -0.25) is 5.10 Å². The minimum atomic E-state index is -0.0185. The van der Waals surface area contributed by atoms with Crippen molar-refractivity contribution in [2.24, 2.45) is 5.73 Å². The molecule has 0 saturated heterocycles. The van der Waals surface area contributed by atoms with E-state index in [2.05, 4.69) is 31.1 Å². The number of nitrogens with two attached hydrogens (primary N) is 1. The van der Waals surface area contributed by atoms with Crippen LogP contribution in [-0.4, -0.2) is 15.2 Å². The zero-order valence-corrected chi connectivity index (χ0v) is 12.0. The second kappa shape index (κ2) is 5.20. The third-order valence-corrected chi connectivity index (χ3v) is 3.69. The molecular formula is C11H13BrN4S. The first-order valence-electron chi connectivity index (χ1n) is 5.18. The number of halogens is 1. The maximum Gasteiger partial charge on any atom is 0.213 e. The van der Waals surface area contributed by atoms with Crippen LogP contribution in [0.3, 0.4) is 0 Å². The van der Waals surface area contributed by atoms with Crippen molar-refractivity contribution >= 4 is 27.7 Å². The molecule has 6 heteroatoms. The van der Waals surface area contributed by atoms with Crippen LogP contribution >= 0.6 is 27.7 Å². The second-order valence-electron chi connectivity index (χ2n) is 3.78. The molecule has 0 aliphatic heterocycles. The summed E-state index contributed by atoms with van der Waals surface area (Å²) in [5.74, 6) is 0.812. The summed E-state index contributed by atoms with van der Waals surface area (Å²) in [7, 11) is 0. The molecule has 0 saturated carbocycles. The van der Waals surface area contributed by atoms with Gasteiger partial charge in [-0.1, -0.05) is 15.9 Å². The molecular weight excluding hydrogens is 300 g/mol. The van der Waals surface area contributed by atoms with Gasteiger partial charge in [0.15, 0.2) is 0 Å². The average molecular weight is 313 g/mol. The number of hydrogen-bond donors (Lipinski definition) is 2. The molecule has 0 bridgehead atoms. The van der Waals surface area contributed by atoms with E-state index in [1.807, 2.05) is 32.0 Å². The molecule has 2 aromatic rings. The lowest BCUT2D eigenvalue weighted by Gasteiger charge is -2.11. The molecule has 1 aromatic heterocycles. The van der Waals surface area contributed by atoms with E-state index in [1.165, 1.54) is 11.8 Å². The van der Waals surface area contributed by atoms with Gasteiger partial charge in [-0.25, -0.2) is 4.98 Å². The molecule has 2 rings (SSSR count). The van der Waals surface area contributed by atoms with E-state index >= 15 is 0 Å². The summed E-state index contributed by atoms with van der Waals surface area (Å²) in [6.07, 6.45) is 0. The third kappa shape index (κ3) is 3.08. The Balaban J connectivity index is 2.32. The van der Waals surface area contributed by atoms with Crippen molar-refractivity contribution in [2.45, 2.75) is 29.9 Å². The molecule has 1 heterocycles. The maximum atomic E-state index is 5.96. The first-order valence-corrected chi connectivity index (χ1v) is 6.79. The first kappa shape index (κ1) is 12.6. The lowest BCUT2D eigenvalue weighted by Crippen LogP contribution is -2.06. The van der Waals surface area contributed by atoms with Gasteiger partial charge >= 0.3 is 0 Å². The largest absolute Gasteiger partial charge is 0.324 e. The molecule has 0 aliphatic rings. The van der Waals surface area contributed by atoms with Gasteiger partial charge < -0.3 is 5.73 Å². The fourth-order valence-corrected chi connectivity index (χ4v) is 2.78. The quantitative estimate of drug-likeness (QED) is 0.914. The average Bonchev–Trinajstić information content (AvgIpc) is 2.66. The highest BCUT2D eigenvalue weighted by Gasteiger charge is 2.11. The third-order valence-electron chi connectivity index (χ3n) is 2.24. The predicted octanol–water partition coefficient (Wildman–Crippen LogP) is 3.05. The number of aromatic amines is 1. The van der Waals surface area contributed by atoms with E-state index in [1.54, 1.807) is 0 Å². The second-order valence-corrected chi connectivity index (χ2v) is 5.70. The summed E-state index contributed by atoms with van der Waals surface area (Å²) in [5, 5.41) is 7.65. The summed E-state index contributed by atoms with van der Waals surface area (Å²) in [6.45, 7) is 3.85. The first-order chi connectivity index (χ1) is 8.06. The van der Waals surface area contributed by atoms with Crippen molar-refractivity contribution in [3.8, 4) is 0 Å². The summed E-state index contributed by atoms with van der Waals surface area (Å²) in [6, 6.07) is 6.04. The van der Waals surface area contributed by atoms with Crippen LogP contribution in [0.4, 0.5) is 0 Å². The highest BCUT2D eigenvalue weighted by Crippen LogP contribution is 2.32. The van der Waals surface area contributed by atoms with E-state index in [0.29, 0.717) is 5.16 Å². The van der Waals surface area contributed by atoms with Crippen LogP contribution in [0.1, 0.15) is 24.4 Å². The molecule has 4 nitrogen and oxygen atoms in total. The van der Waals surface area contributed by atoms with Crippen molar-refractivity contribution < 1.29 is 0 Å². The molecule has 0 amide bonds. The van der Waals surface area contributed by atoms with Gasteiger partial charge in [-0.2, -0.15) is 0 Å². The van der Waals surface area contributed by atoms with Gasteiger partial charge in [0.25, 0.3) is 0 Å². The Bertz CT molecular complexity index is 524. The van der Waals surface area contributed by atoms with E-state index in [-0.39, 0.29) is 6.04 Å². The molecule has 90 valence electrons. The topological polar surface area (TPSA) is 67.6 Å². The molecule has 3 N–H and O–H groups in total. The smallest absolute Gasteiger partial charge is 0.213 e. The number of aromatic nitrogens is 3. The zero-order chi connectivity index (χ0) is 12.4. The number of rotatable bonds is 3. The molecule has 0 radical (unpaired) electrons. The van der Waals surface area contributed by atoms with Gasteiger partial charge in [-0.05, 0) is 49.4 Å². The van der Waals surface area contributed by atoms with Crippen LogP contribution in [-0.2, 0) is 0 Å². The fraction of sp³-hybridized carbons (Fsp3) is 0.273. The summed E-state index contributed by atoms with van der Waals surface area (Å²) in [5.41, 5.74) is 7.05. The Hall–Kier alpha value is -0.850. The van der Waals surface area contributed by atoms with Crippen LogP contribution in [0, 0.1) is 6.92 Å². The van der Waals surface area contributed by atoms with Crippen molar-refractivity contribution in [3.05, 3.63) is 34.1 Å². The molecule has 1 atom stereocenters. The Morgan fingerprint density at radius 2 is 2.24 bits per heavy atom. The van der Waals surface area contributed by atoms with Crippen molar-refractivity contribution in [1.82, 2.24) is 15.2 Å². The van der Waals surface area contributed by atoms with Crippen LogP contribution in [0.15, 0.2) is 32.7 Å². The van der Waals surface area contributed by atoms with Gasteiger partial charge in [0.2, 0.25) is 5.16 Å². The monoisotopic (exact) mass is 312 g/mol. The number of benzene rings is 1. The standard InChI is InChI=1S/C11H13BrN4S/c1-6(13)9-5-8(12)3-4-10(9)17-11-14-7(2)15-16-11/h3-6H,13H2,1-2H3,(H,14,15,16). The SMILES string of the molecule is Cc1nc(Sc2ccc(Br)cc2C(C)N)n[nH]1. The van der Waals surface area contributed by atoms with Gasteiger partial charge in [0, 0.05) is 15.4 Å². The zero-order valence-electron chi connectivity index (χ0n) is 9.57. The van der Waals surface area contributed by atoms with Crippen LogP contribution in [0.5, 0.6) is 0 Å². The maximum absolute atomic E-state index is 5.96. The Kier molecular flexibility index (Phi) is 3.86. The highest BCUT2D eigenvalue weighted by molar-refractivity contribution is 9.10. The van der Waals surface area contributed by atoms with Gasteiger partial charge in [0.05, 0.1) is 0 Å². The van der Waals surface area contributed by atoms with Crippen LogP contribution in [0.25, 0.3) is 0 Å². The normalized spacial score (nSPS) is 12.7. The van der Waals surface area contributed by atoms with Gasteiger partial charge in [0.1, 0.15) is 5.82 Å². The van der Waals surface area contributed by atoms with Crippen LogP contribution in [0.2, 0.25) is 0 Å². The van der Waals surface area contributed by atoms with E-state index in [4.69, 9.17) is 5.73 Å². The van der Waals surface area contributed by atoms with Crippen LogP contribution < -0.4 is 5.73 Å². The van der Waals surface area contributed by atoms with Crippen molar-refractivity contribution in [3.63, 3.8) is 0 Å². The molecule has 1 unspecified atom stereocenters. The van der Waals surface area contributed by atoms with Crippen molar-refractivity contribution in [1.29, 1.82) is 0 Å². The van der Waals surface area contributed by atoms with E-state index in [9.17, 15) is 0 Å². The minimum Gasteiger partial charge on any atom is -0.324 e. The number of H-pyrrole nitrogens is 1. The summed E-state index contributed by atoms with van der Waals surface area (Å²) >= 11 is 4.97. The fourth-order valence-electron chi connectivity index (χ4n) is 1.43. The molecule has 17 heavy (non-hydrogen) atoms. The lowest BCUT2D eigenvalue weighted by atomic mass is 10.1. The summed E-state index contributed by atoms with van der Waals surface area (Å²) < 4.78 is 1.03. The van der Waals surface area contributed by atoms with Gasteiger partial charge in [-0.15, -0.1) is 5.10 Å². The number of hydrogen-bond acceptors (Lipinski definition) is 4. The molecule has 1 aromatic carbocycles. The lowest BCUT2D eigenvalue weighted by molar-refractivity contribution is 0.795. The number of nitrogens with one attached hydrogen (secondary N) is 1. The Morgan fingerprint density at radius 1 is 1.47 bits per heavy atom. The summed E-state index contributed by atoms with van der Waals surface area (Å²) in [4.78, 5) is 5.36. The molecule has 0 aliphatic carbocycles. The molecule has 0 spiro atoms. The Morgan fingerprint density at radius 3 is 2.82 bits per heavy atom.